The van der Waals surface area contributed by atoms with Crippen molar-refractivity contribution in [2.24, 2.45) is 0 Å². The minimum absolute atomic E-state index is 0.614. The average Bonchev–Trinajstić information content (AvgIpc) is 2.35. The highest BCUT2D eigenvalue weighted by molar-refractivity contribution is 5.96. The molecule has 0 saturated carbocycles. The van der Waals surface area contributed by atoms with Crippen LogP contribution in [-0.2, 0) is 0 Å². The lowest BCUT2D eigenvalue weighted by Gasteiger charge is -2.13. The Morgan fingerprint density at radius 2 is 2.11 bits per heavy atom. The fraction of sp³-hybridized carbons (Fsp3) is 0.333. The molecule has 3 nitrogen and oxygen atoms in total. The number of pyridine rings is 1. The molecule has 1 aromatic carbocycles. The van der Waals surface area contributed by atoms with E-state index in [1.54, 1.807) is 6.20 Å². The first-order valence-electron chi connectivity index (χ1n) is 6.21. The number of fused-ring (bicyclic) bond motifs is 1. The summed E-state index contributed by atoms with van der Waals surface area (Å²) in [5, 5.41) is 13.6. The van der Waals surface area contributed by atoms with E-state index < -0.39 is 0 Å². The van der Waals surface area contributed by atoms with Crippen molar-refractivity contribution in [1.29, 1.82) is 5.26 Å². The molecule has 0 amide bonds. The second-order valence-corrected chi connectivity index (χ2v) is 4.56. The number of aromatic nitrogens is 1. The second kappa shape index (κ2) is 5.05. The Bertz CT molecular complexity index is 624. The van der Waals surface area contributed by atoms with Gasteiger partial charge in [-0.3, -0.25) is 4.98 Å². The van der Waals surface area contributed by atoms with Crippen LogP contribution in [0.5, 0.6) is 0 Å². The van der Waals surface area contributed by atoms with Crippen LogP contribution < -0.4 is 5.32 Å². The molecule has 0 unspecified atom stereocenters. The van der Waals surface area contributed by atoms with Gasteiger partial charge in [-0.15, -0.1) is 0 Å². The molecule has 92 valence electrons. The van der Waals surface area contributed by atoms with Crippen LogP contribution >= 0.6 is 0 Å². The van der Waals surface area contributed by atoms with E-state index in [0.717, 1.165) is 35.1 Å². The van der Waals surface area contributed by atoms with Crippen molar-refractivity contribution in [2.45, 2.75) is 27.2 Å². The first-order chi connectivity index (χ1) is 8.67. The van der Waals surface area contributed by atoms with Crippen LogP contribution in [-0.4, -0.2) is 11.5 Å². The van der Waals surface area contributed by atoms with Crippen molar-refractivity contribution in [3.8, 4) is 6.07 Å². The molecule has 0 fully saturated rings. The van der Waals surface area contributed by atoms with Crippen molar-refractivity contribution in [3.63, 3.8) is 0 Å². The highest BCUT2D eigenvalue weighted by atomic mass is 14.9. The van der Waals surface area contributed by atoms with E-state index in [2.05, 4.69) is 49.3 Å². The summed E-state index contributed by atoms with van der Waals surface area (Å²) in [6.07, 6.45) is 2.68. The number of hydrogen-bond donors (Lipinski definition) is 1. The average molecular weight is 239 g/mol. The van der Waals surface area contributed by atoms with E-state index in [1.165, 1.54) is 5.56 Å². The van der Waals surface area contributed by atoms with E-state index >= 15 is 0 Å². The van der Waals surface area contributed by atoms with Crippen LogP contribution in [0.2, 0.25) is 0 Å². The molecule has 0 aliphatic heterocycles. The number of nitrogens with zero attached hydrogens (tertiary/aromatic N) is 2. The Kier molecular flexibility index (Phi) is 3.47. The maximum absolute atomic E-state index is 9.19. The van der Waals surface area contributed by atoms with E-state index in [9.17, 15) is 5.26 Å². The summed E-state index contributed by atoms with van der Waals surface area (Å²) in [5.41, 5.74) is 4.83. The van der Waals surface area contributed by atoms with Gasteiger partial charge in [0.25, 0.3) is 0 Å². The van der Waals surface area contributed by atoms with Crippen LogP contribution in [0.15, 0.2) is 18.3 Å². The van der Waals surface area contributed by atoms with Gasteiger partial charge in [0, 0.05) is 18.1 Å². The quantitative estimate of drug-likeness (QED) is 0.891. The molecule has 1 heterocycles. The lowest BCUT2D eigenvalue weighted by atomic mass is 10.0. The minimum atomic E-state index is 0.614. The van der Waals surface area contributed by atoms with Gasteiger partial charge >= 0.3 is 0 Å². The largest absolute Gasteiger partial charge is 0.383 e. The highest BCUT2D eigenvalue weighted by Crippen LogP contribution is 2.29. The molecule has 0 saturated heterocycles. The third kappa shape index (κ3) is 2.14. The third-order valence-corrected chi connectivity index (χ3v) is 2.98. The smallest absolute Gasteiger partial charge is 0.103 e. The molecule has 3 heteroatoms. The summed E-state index contributed by atoms with van der Waals surface area (Å²) >= 11 is 0. The molecule has 1 aromatic heterocycles. The monoisotopic (exact) mass is 239 g/mol. The molecule has 2 aromatic rings. The third-order valence-electron chi connectivity index (χ3n) is 2.98. The molecule has 0 atom stereocenters. The van der Waals surface area contributed by atoms with Crippen molar-refractivity contribution in [3.05, 3.63) is 35.0 Å². The first kappa shape index (κ1) is 12.4. The van der Waals surface area contributed by atoms with Gasteiger partial charge in [0.15, 0.2) is 0 Å². The Hall–Kier alpha value is -2.08. The molecule has 0 radical (unpaired) electrons. The zero-order valence-corrected chi connectivity index (χ0v) is 11.0. The molecule has 0 bridgehead atoms. The predicted octanol–water partition coefficient (Wildman–Crippen LogP) is 3.55. The topological polar surface area (TPSA) is 48.7 Å². The Morgan fingerprint density at radius 1 is 1.33 bits per heavy atom. The van der Waals surface area contributed by atoms with Gasteiger partial charge in [-0.2, -0.15) is 5.26 Å². The predicted molar refractivity (Wildman–Crippen MR) is 74.7 cm³/mol. The van der Waals surface area contributed by atoms with Crippen molar-refractivity contribution in [1.82, 2.24) is 4.98 Å². The number of rotatable bonds is 3. The van der Waals surface area contributed by atoms with Crippen LogP contribution in [0.3, 0.4) is 0 Å². The lowest BCUT2D eigenvalue weighted by Crippen LogP contribution is -2.04. The van der Waals surface area contributed by atoms with Crippen LogP contribution in [0.4, 0.5) is 5.69 Å². The van der Waals surface area contributed by atoms with E-state index in [1.807, 2.05) is 0 Å². The van der Waals surface area contributed by atoms with Gasteiger partial charge in [0.05, 0.1) is 16.8 Å². The van der Waals surface area contributed by atoms with Crippen LogP contribution in [0, 0.1) is 25.2 Å². The van der Waals surface area contributed by atoms with Gasteiger partial charge in [-0.05, 0) is 37.5 Å². The number of anilines is 1. The van der Waals surface area contributed by atoms with Gasteiger partial charge in [0.1, 0.15) is 6.07 Å². The summed E-state index contributed by atoms with van der Waals surface area (Å²) < 4.78 is 0. The van der Waals surface area contributed by atoms with E-state index in [4.69, 9.17) is 0 Å². The Labute approximate surface area is 107 Å². The van der Waals surface area contributed by atoms with Gasteiger partial charge < -0.3 is 5.32 Å². The Balaban J connectivity index is 2.73. The molecule has 0 spiro atoms. The summed E-state index contributed by atoms with van der Waals surface area (Å²) in [4.78, 5) is 4.38. The second-order valence-electron chi connectivity index (χ2n) is 4.56. The van der Waals surface area contributed by atoms with E-state index in [-0.39, 0.29) is 0 Å². The summed E-state index contributed by atoms with van der Waals surface area (Å²) in [7, 11) is 0. The number of nitriles is 1. The first-order valence-corrected chi connectivity index (χ1v) is 6.21. The van der Waals surface area contributed by atoms with Gasteiger partial charge in [-0.25, -0.2) is 0 Å². The molecule has 1 N–H and O–H groups in total. The summed E-state index contributed by atoms with van der Waals surface area (Å²) in [6.45, 7) is 7.10. The molecule has 2 rings (SSSR count). The van der Waals surface area contributed by atoms with Crippen molar-refractivity contribution >= 4 is 16.6 Å². The molecule has 0 aliphatic rings. The molecule has 18 heavy (non-hydrogen) atoms. The number of benzene rings is 1. The van der Waals surface area contributed by atoms with Crippen molar-refractivity contribution < 1.29 is 0 Å². The number of hydrogen-bond acceptors (Lipinski definition) is 3. The van der Waals surface area contributed by atoms with Gasteiger partial charge in [-0.1, -0.05) is 13.0 Å². The lowest BCUT2D eigenvalue weighted by molar-refractivity contribution is 0.980. The van der Waals surface area contributed by atoms with Crippen LogP contribution in [0.25, 0.3) is 10.9 Å². The molecular weight excluding hydrogens is 222 g/mol. The zero-order valence-electron chi connectivity index (χ0n) is 11.0. The normalized spacial score (nSPS) is 10.3. The Morgan fingerprint density at radius 3 is 2.78 bits per heavy atom. The maximum atomic E-state index is 9.19. The number of nitrogens with one attached hydrogen (secondary N) is 1. The summed E-state index contributed by atoms with van der Waals surface area (Å²) in [5.74, 6) is 0. The maximum Gasteiger partial charge on any atom is 0.103 e. The van der Waals surface area contributed by atoms with Gasteiger partial charge in [0.2, 0.25) is 0 Å². The zero-order chi connectivity index (χ0) is 13.1. The summed E-state index contributed by atoms with van der Waals surface area (Å²) in [6, 6.07) is 6.40. The standard InChI is InChI=1S/C15H17N3/c1-4-5-17-15-12(8-16)9-18-13-7-10(2)6-11(3)14(13)15/h6-7,9H,4-5H2,1-3H3,(H,17,18). The fourth-order valence-electron chi connectivity index (χ4n) is 2.22. The molecule has 0 aliphatic carbocycles. The highest BCUT2D eigenvalue weighted by Gasteiger charge is 2.10. The van der Waals surface area contributed by atoms with Crippen molar-refractivity contribution in [2.75, 3.05) is 11.9 Å². The van der Waals surface area contributed by atoms with Crippen LogP contribution in [0.1, 0.15) is 30.0 Å². The van der Waals surface area contributed by atoms with E-state index in [0.29, 0.717) is 5.56 Å². The minimum Gasteiger partial charge on any atom is -0.383 e. The SMILES string of the molecule is CCCNc1c(C#N)cnc2cc(C)cc(C)c12. The number of aryl methyl sites for hydroxylation is 2. The molecular formula is C15H17N3. The fourth-order valence-corrected chi connectivity index (χ4v) is 2.22.